The van der Waals surface area contributed by atoms with Crippen LogP contribution >= 0.6 is 0 Å². The molecule has 0 aliphatic rings. The van der Waals surface area contributed by atoms with Crippen molar-refractivity contribution in [2.24, 2.45) is 5.73 Å². The molecule has 4 heteroatoms. The van der Waals surface area contributed by atoms with Crippen LogP contribution in [0.3, 0.4) is 0 Å². The number of aliphatic hydroxyl groups excluding tert-OH is 1. The van der Waals surface area contributed by atoms with Crippen LogP contribution in [0.2, 0.25) is 0 Å². The molecule has 0 heterocycles. The first-order valence-electron chi connectivity index (χ1n) is 5.91. The molecule has 2 unspecified atom stereocenters. The number of aliphatic hydroxyl groups is 1. The highest BCUT2D eigenvalue weighted by atomic mass is 16.4. The summed E-state index contributed by atoms with van der Waals surface area (Å²) in [6.07, 6.45) is -1.21. The second-order valence-corrected chi connectivity index (χ2v) is 4.30. The van der Waals surface area contributed by atoms with Crippen molar-refractivity contribution < 1.29 is 15.0 Å². The number of carboxylic acids is 1. The van der Waals surface area contributed by atoms with Crippen molar-refractivity contribution in [2.75, 3.05) is 0 Å². The number of carboxylic acid groups (broad SMARTS) is 1. The monoisotopic (exact) mass is 257 g/mol. The van der Waals surface area contributed by atoms with E-state index in [9.17, 15) is 9.90 Å². The molecule has 0 aromatic heterocycles. The maximum atomic E-state index is 10.7. The Morgan fingerprint density at radius 1 is 0.947 bits per heavy atom. The largest absolute Gasteiger partial charge is 0.480 e. The van der Waals surface area contributed by atoms with E-state index in [0.29, 0.717) is 5.56 Å². The molecule has 19 heavy (non-hydrogen) atoms. The highest BCUT2D eigenvalue weighted by Crippen LogP contribution is 2.22. The van der Waals surface area contributed by atoms with Crippen LogP contribution in [-0.4, -0.2) is 22.2 Å². The molecular formula is C15H15NO3. The topological polar surface area (TPSA) is 83.6 Å². The number of aliphatic carboxylic acids is 1. The van der Waals surface area contributed by atoms with Gasteiger partial charge in [0, 0.05) is 0 Å². The molecule has 0 fully saturated rings. The number of benzene rings is 2. The van der Waals surface area contributed by atoms with Crippen LogP contribution in [-0.2, 0) is 4.79 Å². The van der Waals surface area contributed by atoms with Crippen LogP contribution in [0.5, 0.6) is 0 Å². The minimum absolute atomic E-state index is 0.495. The van der Waals surface area contributed by atoms with E-state index >= 15 is 0 Å². The Bertz CT molecular complexity index is 551. The molecule has 0 bridgehead atoms. The fourth-order valence-corrected chi connectivity index (χ4v) is 1.85. The van der Waals surface area contributed by atoms with Crippen LogP contribution < -0.4 is 5.73 Å². The average molecular weight is 257 g/mol. The van der Waals surface area contributed by atoms with E-state index in [1.54, 1.807) is 12.1 Å². The standard InChI is InChI=1S/C15H15NO3/c16-13(15(18)19)14(17)12-8-6-11(7-9-12)10-4-2-1-3-5-10/h1-9,13-14,17H,16H2,(H,18,19). The van der Waals surface area contributed by atoms with E-state index in [2.05, 4.69) is 0 Å². The molecular weight excluding hydrogens is 242 g/mol. The van der Waals surface area contributed by atoms with Gasteiger partial charge in [-0.25, -0.2) is 0 Å². The Labute approximate surface area is 111 Å². The molecule has 0 aliphatic carbocycles. The fraction of sp³-hybridized carbons (Fsp3) is 0.133. The summed E-state index contributed by atoms with van der Waals surface area (Å²) in [6, 6.07) is 15.5. The van der Waals surface area contributed by atoms with Crippen molar-refractivity contribution in [1.82, 2.24) is 0 Å². The van der Waals surface area contributed by atoms with Crippen LogP contribution in [0.1, 0.15) is 11.7 Å². The lowest BCUT2D eigenvalue weighted by Crippen LogP contribution is -2.36. The number of hydrogen-bond acceptors (Lipinski definition) is 3. The summed E-state index contributed by atoms with van der Waals surface area (Å²) < 4.78 is 0. The minimum Gasteiger partial charge on any atom is -0.480 e. The molecule has 2 atom stereocenters. The maximum Gasteiger partial charge on any atom is 0.323 e. The van der Waals surface area contributed by atoms with Gasteiger partial charge in [-0.1, -0.05) is 54.6 Å². The summed E-state index contributed by atoms with van der Waals surface area (Å²) in [5.41, 5.74) is 7.95. The lowest BCUT2D eigenvalue weighted by molar-refractivity contribution is -0.141. The van der Waals surface area contributed by atoms with Gasteiger partial charge in [0.1, 0.15) is 12.1 Å². The molecule has 0 saturated heterocycles. The quantitative estimate of drug-likeness (QED) is 0.779. The number of hydrogen-bond donors (Lipinski definition) is 3. The van der Waals surface area contributed by atoms with Crippen LogP contribution in [0.15, 0.2) is 54.6 Å². The molecule has 0 amide bonds. The highest BCUT2D eigenvalue weighted by molar-refractivity contribution is 5.74. The Kier molecular flexibility index (Phi) is 3.94. The second-order valence-electron chi connectivity index (χ2n) is 4.30. The number of carbonyl (C=O) groups is 1. The minimum atomic E-state index is -1.32. The van der Waals surface area contributed by atoms with Crippen LogP contribution in [0.4, 0.5) is 0 Å². The summed E-state index contributed by atoms with van der Waals surface area (Å²) in [6.45, 7) is 0. The van der Waals surface area contributed by atoms with Gasteiger partial charge >= 0.3 is 5.97 Å². The predicted molar refractivity (Wildman–Crippen MR) is 72.4 cm³/mol. The maximum absolute atomic E-state index is 10.7. The molecule has 2 rings (SSSR count). The zero-order valence-electron chi connectivity index (χ0n) is 10.2. The van der Waals surface area contributed by atoms with Crippen molar-refractivity contribution in [1.29, 1.82) is 0 Å². The lowest BCUT2D eigenvalue weighted by atomic mass is 9.99. The summed E-state index contributed by atoms with van der Waals surface area (Å²) >= 11 is 0. The van der Waals surface area contributed by atoms with Gasteiger partial charge < -0.3 is 15.9 Å². The van der Waals surface area contributed by atoms with Crippen LogP contribution in [0.25, 0.3) is 11.1 Å². The van der Waals surface area contributed by atoms with Crippen molar-refractivity contribution in [3.8, 4) is 11.1 Å². The van der Waals surface area contributed by atoms with Gasteiger partial charge in [-0.3, -0.25) is 4.79 Å². The molecule has 0 aliphatic heterocycles. The molecule has 4 nitrogen and oxygen atoms in total. The first-order valence-corrected chi connectivity index (χ1v) is 5.91. The average Bonchev–Trinajstić information content (AvgIpc) is 2.46. The van der Waals surface area contributed by atoms with Gasteiger partial charge in [0.25, 0.3) is 0 Å². The Morgan fingerprint density at radius 3 is 2.00 bits per heavy atom. The Morgan fingerprint density at radius 2 is 1.47 bits per heavy atom. The third-order valence-corrected chi connectivity index (χ3v) is 2.98. The van der Waals surface area contributed by atoms with Gasteiger partial charge in [0.05, 0.1) is 0 Å². The first kappa shape index (κ1) is 13.3. The molecule has 4 N–H and O–H groups in total. The SMILES string of the molecule is NC(C(=O)O)C(O)c1ccc(-c2ccccc2)cc1. The van der Waals surface area contributed by atoms with Gasteiger partial charge in [-0.05, 0) is 16.7 Å². The zero-order valence-corrected chi connectivity index (χ0v) is 10.2. The summed E-state index contributed by atoms with van der Waals surface area (Å²) in [5.74, 6) is -1.22. The highest BCUT2D eigenvalue weighted by Gasteiger charge is 2.23. The van der Waals surface area contributed by atoms with Gasteiger partial charge in [0.2, 0.25) is 0 Å². The molecule has 2 aromatic carbocycles. The van der Waals surface area contributed by atoms with E-state index in [4.69, 9.17) is 10.8 Å². The Hall–Kier alpha value is -2.17. The molecule has 0 spiro atoms. The molecule has 0 saturated carbocycles. The zero-order chi connectivity index (χ0) is 13.8. The number of nitrogens with two attached hydrogens (primary N) is 1. The molecule has 0 radical (unpaired) electrons. The van der Waals surface area contributed by atoms with Crippen LogP contribution in [0, 0.1) is 0 Å². The summed E-state index contributed by atoms with van der Waals surface area (Å²) in [5, 5.41) is 18.6. The van der Waals surface area contributed by atoms with E-state index in [0.717, 1.165) is 11.1 Å². The predicted octanol–water partition coefficient (Wildman–Crippen LogP) is 1.80. The molecule has 2 aromatic rings. The first-order chi connectivity index (χ1) is 9.09. The second kappa shape index (κ2) is 5.65. The van der Waals surface area contributed by atoms with Crippen molar-refractivity contribution in [3.05, 3.63) is 60.2 Å². The lowest BCUT2D eigenvalue weighted by Gasteiger charge is -2.15. The van der Waals surface area contributed by atoms with E-state index in [-0.39, 0.29) is 0 Å². The smallest absolute Gasteiger partial charge is 0.323 e. The third kappa shape index (κ3) is 2.99. The number of rotatable bonds is 4. The van der Waals surface area contributed by atoms with E-state index in [1.807, 2.05) is 42.5 Å². The van der Waals surface area contributed by atoms with Crippen molar-refractivity contribution in [3.63, 3.8) is 0 Å². The fourth-order valence-electron chi connectivity index (χ4n) is 1.85. The van der Waals surface area contributed by atoms with E-state index in [1.165, 1.54) is 0 Å². The third-order valence-electron chi connectivity index (χ3n) is 2.98. The normalized spacial score (nSPS) is 13.8. The summed E-state index contributed by atoms with van der Waals surface area (Å²) in [4.78, 5) is 10.7. The Balaban J connectivity index is 2.22. The van der Waals surface area contributed by atoms with Gasteiger partial charge in [-0.2, -0.15) is 0 Å². The van der Waals surface area contributed by atoms with E-state index < -0.39 is 18.1 Å². The van der Waals surface area contributed by atoms with Gasteiger partial charge in [0.15, 0.2) is 0 Å². The van der Waals surface area contributed by atoms with Gasteiger partial charge in [-0.15, -0.1) is 0 Å². The van der Waals surface area contributed by atoms with Crippen molar-refractivity contribution in [2.45, 2.75) is 12.1 Å². The summed E-state index contributed by atoms with van der Waals surface area (Å²) in [7, 11) is 0. The van der Waals surface area contributed by atoms with Crippen molar-refractivity contribution >= 4 is 5.97 Å². The molecule has 98 valence electrons.